The van der Waals surface area contributed by atoms with E-state index in [4.69, 9.17) is 18.9 Å². The van der Waals surface area contributed by atoms with Gasteiger partial charge in [-0.1, -0.05) is 80.1 Å². The molecule has 3 N–H and O–H groups in total. The third-order valence-corrected chi connectivity index (χ3v) is 12.9. The number of aliphatic hydroxyl groups is 3. The number of allylic oxidation sites excluding steroid dienone is 3. The van der Waals surface area contributed by atoms with Gasteiger partial charge in [0, 0.05) is 42.4 Å². The maximum Gasteiger partial charge on any atom is 0.308 e. The lowest BCUT2D eigenvalue weighted by Gasteiger charge is -2.42. The summed E-state index contributed by atoms with van der Waals surface area (Å²) in [4.78, 5) is 36.1. The Balaban J connectivity index is 1.21. The van der Waals surface area contributed by atoms with Gasteiger partial charge in [0.05, 0.1) is 54.4 Å². The highest BCUT2D eigenvalue weighted by atomic mass is 16.8. The average Bonchev–Trinajstić information content (AvgIpc) is 3.90. The predicted molar refractivity (Wildman–Crippen MR) is 239 cm³/mol. The van der Waals surface area contributed by atoms with Crippen molar-refractivity contribution < 1.29 is 43.9 Å². The predicted octanol–water partition coefficient (Wildman–Crippen LogP) is 5.01. The molecule has 5 heterocycles. The number of benzene rings is 2. The topological polar surface area (TPSA) is 185 Å². The van der Waals surface area contributed by atoms with Crippen LogP contribution >= 0.6 is 0 Å². The number of carbonyl (C=O) groups is 2. The van der Waals surface area contributed by atoms with Gasteiger partial charge in [-0.2, -0.15) is 0 Å². The highest BCUT2D eigenvalue weighted by Crippen LogP contribution is 2.40. The standard InChI is InChI=1S/C49H64N6O9/c1-7-42-36(29-56)22-30(2)15-18-40(57)31(3)23-35(46(32(4)41(58)25-43(59)61-42)62-48-45(60)44(53(5)6)47-49(63-47)64-48)19-21-54(26-33-12-9-8-10-13-33)27-37-28-55(52-51-37)38-16-17-39-34(24-38)14-11-20-50-39/h8-18,20,22,24,28,31-32,35-36,41-42,44-49,56,58,60H,7,19,21,23,25-27,29H2,1-6H3/b18-15+,30-22+/t31-,32+,35+,36-,41-,42-,44?,45?,46-,47+,48-,49+/m1/s1. The van der Waals surface area contributed by atoms with Crippen LogP contribution < -0.4 is 0 Å². The van der Waals surface area contributed by atoms with Crippen LogP contribution in [0.3, 0.4) is 0 Å². The van der Waals surface area contributed by atoms with Crippen LogP contribution in [0.1, 0.15) is 64.6 Å². The van der Waals surface area contributed by atoms with Crippen molar-refractivity contribution in [1.29, 1.82) is 0 Å². The maximum atomic E-state index is 13.9. The molecule has 15 nitrogen and oxygen atoms in total. The molecule has 2 aromatic heterocycles. The molecule has 2 saturated heterocycles. The summed E-state index contributed by atoms with van der Waals surface area (Å²) in [6.07, 6.45) is 4.03. The number of hydrogen-bond acceptors (Lipinski definition) is 14. The van der Waals surface area contributed by atoms with E-state index in [0.717, 1.165) is 33.4 Å². The third kappa shape index (κ3) is 11.8. The Kier molecular flexibility index (Phi) is 15.9. The van der Waals surface area contributed by atoms with Crippen molar-refractivity contribution in [2.75, 3.05) is 27.2 Å². The van der Waals surface area contributed by atoms with Crippen LogP contribution in [0.25, 0.3) is 16.6 Å². The zero-order valence-corrected chi connectivity index (χ0v) is 37.7. The van der Waals surface area contributed by atoms with Crippen molar-refractivity contribution in [1.82, 2.24) is 29.8 Å². The van der Waals surface area contributed by atoms with Crippen LogP contribution in [0.4, 0.5) is 0 Å². The molecule has 0 saturated carbocycles. The minimum Gasteiger partial charge on any atom is -0.462 e. The monoisotopic (exact) mass is 880 g/mol. The number of epoxide rings is 1. The van der Waals surface area contributed by atoms with Crippen molar-refractivity contribution in [3.05, 3.63) is 108 Å². The van der Waals surface area contributed by atoms with Gasteiger partial charge in [0.1, 0.15) is 18.3 Å². The van der Waals surface area contributed by atoms with E-state index in [9.17, 15) is 24.9 Å². The van der Waals surface area contributed by atoms with E-state index in [2.05, 4.69) is 32.3 Å². The molecule has 0 bridgehead atoms. The van der Waals surface area contributed by atoms with Crippen molar-refractivity contribution in [3.63, 3.8) is 0 Å². The molecule has 2 aromatic carbocycles. The number of ether oxygens (including phenoxy) is 4. The van der Waals surface area contributed by atoms with Crippen LogP contribution in [0.2, 0.25) is 0 Å². The van der Waals surface area contributed by atoms with E-state index in [1.807, 2.05) is 107 Å². The fraction of sp³-hybridized carbons (Fsp3) is 0.531. The van der Waals surface area contributed by atoms with Crippen LogP contribution in [0.5, 0.6) is 0 Å². The zero-order chi connectivity index (χ0) is 45.5. The Labute approximate surface area is 375 Å². The molecular formula is C49H64N6O9. The molecule has 0 amide bonds. The first-order chi connectivity index (χ1) is 30.8. The number of carbonyl (C=O) groups excluding carboxylic acids is 2. The van der Waals surface area contributed by atoms with Crippen molar-refractivity contribution in [3.8, 4) is 5.69 Å². The van der Waals surface area contributed by atoms with Gasteiger partial charge >= 0.3 is 5.97 Å². The minimum absolute atomic E-state index is 0.0890. The molecule has 0 spiro atoms. The fourth-order valence-corrected chi connectivity index (χ4v) is 9.20. The molecule has 2 fully saturated rings. The number of cyclic esters (lactones) is 1. The zero-order valence-electron chi connectivity index (χ0n) is 37.7. The molecule has 64 heavy (non-hydrogen) atoms. The van der Waals surface area contributed by atoms with E-state index in [0.29, 0.717) is 38.9 Å². The third-order valence-electron chi connectivity index (χ3n) is 12.9. The molecule has 3 aliphatic rings. The van der Waals surface area contributed by atoms with Gasteiger partial charge < -0.3 is 39.2 Å². The summed E-state index contributed by atoms with van der Waals surface area (Å²) in [5.74, 6) is -2.74. The molecule has 2 unspecified atom stereocenters. The number of fused-ring (bicyclic) bond motifs is 2. The molecule has 0 aliphatic carbocycles. The second-order valence-electron chi connectivity index (χ2n) is 18.0. The van der Waals surface area contributed by atoms with E-state index in [1.54, 1.807) is 23.0 Å². The van der Waals surface area contributed by atoms with E-state index < -0.39 is 66.8 Å². The normalized spacial score (nSPS) is 32.0. The molecule has 15 heteroatoms. The Morgan fingerprint density at radius 1 is 0.984 bits per heavy atom. The summed E-state index contributed by atoms with van der Waals surface area (Å²) >= 11 is 0. The molecule has 12 atom stereocenters. The average molecular weight is 881 g/mol. The highest BCUT2D eigenvalue weighted by Gasteiger charge is 2.58. The fourth-order valence-electron chi connectivity index (χ4n) is 9.20. The number of aliphatic hydroxyl groups excluding tert-OH is 3. The number of ketones is 1. The van der Waals surface area contributed by atoms with Crippen molar-refractivity contribution in [2.45, 2.75) is 116 Å². The minimum atomic E-state index is -1.22. The van der Waals surface area contributed by atoms with Crippen LogP contribution in [0.15, 0.2) is 96.9 Å². The lowest BCUT2D eigenvalue weighted by molar-refractivity contribution is -0.269. The summed E-state index contributed by atoms with van der Waals surface area (Å²) in [6.45, 7) is 8.73. The van der Waals surface area contributed by atoms with E-state index >= 15 is 0 Å². The van der Waals surface area contributed by atoms with Gasteiger partial charge in [0.2, 0.25) is 0 Å². The molecule has 7 rings (SSSR count). The lowest BCUT2D eigenvalue weighted by atomic mass is 9.79. The highest BCUT2D eigenvalue weighted by molar-refractivity contribution is 5.91. The van der Waals surface area contributed by atoms with Gasteiger partial charge in [-0.3, -0.25) is 19.5 Å². The number of esters is 1. The van der Waals surface area contributed by atoms with Crippen LogP contribution in [-0.4, -0.2) is 133 Å². The van der Waals surface area contributed by atoms with Gasteiger partial charge in [-0.25, -0.2) is 4.68 Å². The summed E-state index contributed by atoms with van der Waals surface area (Å²) in [7, 11) is 3.73. The molecule has 344 valence electrons. The summed E-state index contributed by atoms with van der Waals surface area (Å²) in [5.41, 5.74) is 4.36. The Bertz CT molecular complexity index is 2230. The Morgan fingerprint density at radius 3 is 2.53 bits per heavy atom. The summed E-state index contributed by atoms with van der Waals surface area (Å²) in [5, 5.41) is 44.0. The second-order valence-corrected chi connectivity index (χ2v) is 18.0. The number of rotatable bonds is 13. The summed E-state index contributed by atoms with van der Waals surface area (Å²) in [6, 6.07) is 19.6. The van der Waals surface area contributed by atoms with E-state index in [-0.39, 0.29) is 30.8 Å². The van der Waals surface area contributed by atoms with Gasteiger partial charge in [-0.05, 0) is 88.6 Å². The lowest BCUT2D eigenvalue weighted by Crippen LogP contribution is -2.56. The molecular weight excluding hydrogens is 817 g/mol. The Morgan fingerprint density at radius 2 is 1.78 bits per heavy atom. The van der Waals surface area contributed by atoms with Crippen LogP contribution in [-0.2, 0) is 41.6 Å². The number of nitrogens with zero attached hydrogens (tertiary/aromatic N) is 6. The van der Waals surface area contributed by atoms with E-state index in [1.165, 1.54) is 0 Å². The first-order valence-corrected chi connectivity index (χ1v) is 22.5. The SMILES string of the molecule is CC[C@H]1OC(=O)C[C@@H](O)[C@H](C)[C@@H](O[C@@H]2O[C@@H]3O[C@H]3C(N(C)C)C2O)[C@@H](CCN(Cc2ccccc2)Cc2cn(-c3ccc4ncccc4c3)nn2)C[C@@H](C)C(=O)/C=C/C(C)=C/[C@@H]1CO. The second kappa shape index (κ2) is 21.5. The van der Waals surface area contributed by atoms with Gasteiger partial charge in [0.25, 0.3) is 0 Å². The first-order valence-electron chi connectivity index (χ1n) is 22.5. The maximum absolute atomic E-state index is 13.9. The van der Waals surface area contributed by atoms with Gasteiger partial charge in [0.15, 0.2) is 18.4 Å². The van der Waals surface area contributed by atoms with Crippen molar-refractivity contribution in [2.24, 2.45) is 23.7 Å². The number of pyridine rings is 1. The largest absolute Gasteiger partial charge is 0.462 e. The number of hydrogen-bond donors (Lipinski definition) is 3. The molecule has 0 radical (unpaired) electrons. The smallest absolute Gasteiger partial charge is 0.308 e. The number of aromatic nitrogens is 4. The summed E-state index contributed by atoms with van der Waals surface area (Å²) < 4.78 is 26.5. The quantitative estimate of drug-likeness (QED) is 0.120. The first kappa shape index (κ1) is 47.3. The molecule has 4 aromatic rings. The number of likely N-dealkylation sites (N-methyl/N-ethyl adjacent to an activating group) is 1. The molecule has 3 aliphatic heterocycles. The van der Waals surface area contributed by atoms with Crippen LogP contribution in [0, 0.1) is 23.7 Å². The Hall–Kier alpha value is -4.71. The van der Waals surface area contributed by atoms with Gasteiger partial charge in [-0.15, -0.1) is 5.10 Å². The van der Waals surface area contributed by atoms with Crippen molar-refractivity contribution >= 4 is 22.7 Å².